The molecule has 0 heterocycles. The van der Waals surface area contributed by atoms with Gasteiger partial charge in [-0.15, -0.1) is 0 Å². The number of hydrogen-bond donors (Lipinski definition) is 0. The van der Waals surface area contributed by atoms with Gasteiger partial charge in [0.25, 0.3) is 0 Å². The van der Waals surface area contributed by atoms with Crippen molar-refractivity contribution in [2.24, 2.45) is 0 Å². The molecule has 1 nitrogen and oxygen atoms in total. The molecule has 86 valence electrons. The van der Waals surface area contributed by atoms with Crippen LogP contribution in [-0.2, 0) is 6.42 Å². The zero-order chi connectivity index (χ0) is 12.3. The summed E-state index contributed by atoms with van der Waals surface area (Å²) in [6.07, 6.45) is 0.0638. The second-order valence-corrected chi connectivity index (χ2v) is 4.13. The van der Waals surface area contributed by atoms with Gasteiger partial charge in [-0.25, -0.2) is 4.39 Å². The first-order valence-electron chi connectivity index (χ1n) is 5.19. The van der Waals surface area contributed by atoms with Gasteiger partial charge in [-0.1, -0.05) is 29.8 Å². The molecule has 0 aliphatic heterocycles. The molecule has 0 fully saturated rings. The SMILES string of the molecule is O=C(Cc1ccccc1F)c1ccc(Cl)cc1. The number of halogens is 2. The molecular formula is C14H10ClFO. The fraction of sp³-hybridized carbons (Fsp3) is 0.0714. The van der Waals surface area contributed by atoms with Crippen LogP contribution in [0.2, 0.25) is 5.02 Å². The molecule has 0 saturated carbocycles. The molecule has 17 heavy (non-hydrogen) atoms. The molecule has 0 radical (unpaired) electrons. The molecule has 2 aromatic carbocycles. The third-order valence-corrected chi connectivity index (χ3v) is 2.73. The fourth-order valence-corrected chi connectivity index (χ4v) is 1.68. The summed E-state index contributed by atoms with van der Waals surface area (Å²) in [5.74, 6) is -0.471. The first kappa shape index (κ1) is 11.8. The number of carbonyl (C=O) groups excluding carboxylic acids is 1. The quantitative estimate of drug-likeness (QED) is 0.753. The highest BCUT2D eigenvalue weighted by atomic mass is 35.5. The lowest BCUT2D eigenvalue weighted by molar-refractivity contribution is 0.0992. The van der Waals surface area contributed by atoms with Crippen LogP contribution in [0.25, 0.3) is 0 Å². The van der Waals surface area contributed by atoms with Gasteiger partial charge in [-0.3, -0.25) is 4.79 Å². The van der Waals surface area contributed by atoms with Crippen LogP contribution in [0, 0.1) is 5.82 Å². The van der Waals surface area contributed by atoms with E-state index in [-0.39, 0.29) is 18.0 Å². The lowest BCUT2D eigenvalue weighted by Gasteiger charge is -2.02. The van der Waals surface area contributed by atoms with E-state index in [0.717, 1.165) is 0 Å². The maximum atomic E-state index is 13.4. The molecule has 0 amide bonds. The molecule has 2 aromatic rings. The largest absolute Gasteiger partial charge is 0.294 e. The third-order valence-electron chi connectivity index (χ3n) is 2.48. The molecule has 0 saturated heterocycles. The maximum Gasteiger partial charge on any atom is 0.167 e. The van der Waals surface area contributed by atoms with E-state index in [1.165, 1.54) is 6.07 Å². The first-order valence-corrected chi connectivity index (χ1v) is 5.57. The van der Waals surface area contributed by atoms with E-state index in [9.17, 15) is 9.18 Å². The Labute approximate surface area is 104 Å². The number of ketones is 1. The molecule has 0 spiro atoms. The van der Waals surface area contributed by atoms with Crippen molar-refractivity contribution in [2.75, 3.05) is 0 Å². The molecule has 0 bridgehead atoms. The second-order valence-electron chi connectivity index (χ2n) is 3.70. The summed E-state index contributed by atoms with van der Waals surface area (Å²) in [6, 6.07) is 12.9. The molecule has 0 aliphatic carbocycles. The van der Waals surface area contributed by atoms with E-state index < -0.39 is 0 Å². The van der Waals surface area contributed by atoms with Crippen LogP contribution in [0.15, 0.2) is 48.5 Å². The van der Waals surface area contributed by atoms with E-state index in [0.29, 0.717) is 16.1 Å². The van der Waals surface area contributed by atoms with Crippen molar-refractivity contribution < 1.29 is 9.18 Å². The van der Waals surface area contributed by atoms with Gasteiger partial charge in [0.05, 0.1) is 0 Å². The zero-order valence-corrected chi connectivity index (χ0v) is 9.75. The highest BCUT2D eigenvalue weighted by Gasteiger charge is 2.09. The van der Waals surface area contributed by atoms with Crippen LogP contribution in [0.5, 0.6) is 0 Å². The summed E-state index contributed by atoms with van der Waals surface area (Å²) >= 11 is 5.73. The number of rotatable bonds is 3. The lowest BCUT2D eigenvalue weighted by Crippen LogP contribution is -2.04. The summed E-state index contributed by atoms with van der Waals surface area (Å²) in [6.45, 7) is 0. The average molecular weight is 249 g/mol. The summed E-state index contributed by atoms with van der Waals surface area (Å²) < 4.78 is 13.4. The van der Waals surface area contributed by atoms with Crippen molar-refractivity contribution >= 4 is 17.4 Å². The predicted molar refractivity (Wildman–Crippen MR) is 65.9 cm³/mol. The van der Waals surface area contributed by atoms with Crippen molar-refractivity contribution in [3.63, 3.8) is 0 Å². The number of hydrogen-bond acceptors (Lipinski definition) is 1. The van der Waals surface area contributed by atoms with Crippen LogP contribution in [0.3, 0.4) is 0 Å². The minimum atomic E-state index is -0.352. The molecule has 2 rings (SSSR count). The van der Waals surface area contributed by atoms with Gasteiger partial charge in [0.15, 0.2) is 5.78 Å². The molecular weight excluding hydrogens is 239 g/mol. The van der Waals surface area contributed by atoms with Crippen LogP contribution in [0.1, 0.15) is 15.9 Å². The topological polar surface area (TPSA) is 17.1 Å². The predicted octanol–water partition coefficient (Wildman–Crippen LogP) is 3.90. The van der Waals surface area contributed by atoms with Crippen LogP contribution in [-0.4, -0.2) is 5.78 Å². The minimum absolute atomic E-state index is 0.0638. The van der Waals surface area contributed by atoms with E-state index >= 15 is 0 Å². The Balaban J connectivity index is 2.17. The average Bonchev–Trinajstić information content (AvgIpc) is 2.33. The highest BCUT2D eigenvalue weighted by Crippen LogP contribution is 2.14. The molecule has 0 aromatic heterocycles. The Morgan fingerprint density at radius 3 is 2.35 bits per heavy atom. The van der Waals surface area contributed by atoms with E-state index in [2.05, 4.69) is 0 Å². The monoisotopic (exact) mass is 248 g/mol. The van der Waals surface area contributed by atoms with Gasteiger partial charge in [0.1, 0.15) is 5.82 Å². The van der Waals surface area contributed by atoms with Crippen LogP contribution < -0.4 is 0 Å². The second kappa shape index (κ2) is 5.11. The van der Waals surface area contributed by atoms with E-state index in [4.69, 9.17) is 11.6 Å². The van der Waals surface area contributed by atoms with Crippen molar-refractivity contribution in [3.05, 3.63) is 70.5 Å². The lowest BCUT2D eigenvalue weighted by atomic mass is 10.0. The first-order chi connectivity index (χ1) is 8.16. The Hall–Kier alpha value is -1.67. The molecule has 3 heteroatoms. The smallest absolute Gasteiger partial charge is 0.167 e. The molecule has 0 aliphatic rings. The van der Waals surface area contributed by atoms with Gasteiger partial charge in [0.2, 0.25) is 0 Å². The molecule has 0 atom stereocenters. The van der Waals surface area contributed by atoms with Gasteiger partial charge >= 0.3 is 0 Å². The Morgan fingerprint density at radius 2 is 1.71 bits per heavy atom. The molecule has 0 N–H and O–H groups in total. The number of benzene rings is 2. The maximum absolute atomic E-state index is 13.4. The van der Waals surface area contributed by atoms with Crippen LogP contribution in [0.4, 0.5) is 4.39 Å². The Morgan fingerprint density at radius 1 is 1.06 bits per heavy atom. The minimum Gasteiger partial charge on any atom is -0.294 e. The van der Waals surface area contributed by atoms with Crippen molar-refractivity contribution in [1.82, 2.24) is 0 Å². The highest BCUT2D eigenvalue weighted by molar-refractivity contribution is 6.30. The van der Waals surface area contributed by atoms with Gasteiger partial charge in [-0.2, -0.15) is 0 Å². The zero-order valence-electron chi connectivity index (χ0n) is 8.99. The summed E-state index contributed by atoms with van der Waals surface area (Å²) in [7, 11) is 0. The van der Waals surface area contributed by atoms with Gasteiger partial charge in [-0.05, 0) is 35.9 Å². The van der Waals surface area contributed by atoms with Gasteiger partial charge < -0.3 is 0 Å². The Bertz CT molecular complexity index is 534. The van der Waals surface area contributed by atoms with Crippen molar-refractivity contribution in [1.29, 1.82) is 0 Å². The summed E-state index contributed by atoms with van der Waals surface area (Å²) in [5.41, 5.74) is 0.949. The number of Topliss-reactive ketones (excluding diaryl/α,β-unsaturated/α-hetero) is 1. The Kier molecular flexibility index (Phi) is 3.55. The third kappa shape index (κ3) is 2.92. The van der Waals surface area contributed by atoms with E-state index in [1.54, 1.807) is 42.5 Å². The number of carbonyl (C=O) groups is 1. The van der Waals surface area contributed by atoms with Gasteiger partial charge in [0, 0.05) is 17.0 Å². The standard InChI is InChI=1S/C14H10ClFO/c15-12-7-5-10(6-8-12)14(17)9-11-3-1-2-4-13(11)16/h1-8H,9H2. The summed E-state index contributed by atoms with van der Waals surface area (Å²) in [4.78, 5) is 11.9. The summed E-state index contributed by atoms with van der Waals surface area (Å²) in [5, 5.41) is 0.576. The fourth-order valence-electron chi connectivity index (χ4n) is 1.55. The van der Waals surface area contributed by atoms with Crippen molar-refractivity contribution in [3.8, 4) is 0 Å². The normalized spacial score (nSPS) is 10.2. The molecule has 0 unspecified atom stereocenters. The van der Waals surface area contributed by atoms with Crippen molar-refractivity contribution in [2.45, 2.75) is 6.42 Å². The van der Waals surface area contributed by atoms with E-state index in [1.807, 2.05) is 0 Å². The van der Waals surface area contributed by atoms with Crippen LogP contribution >= 0.6 is 11.6 Å².